The van der Waals surface area contributed by atoms with Crippen LogP contribution in [-0.2, 0) is 14.3 Å². The maximum Gasteiger partial charge on any atom is 0.410 e. The Hall–Kier alpha value is -1.33. The van der Waals surface area contributed by atoms with Gasteiger partial charge in [0.2, 0.25) is 0 Å². The Balaban J connectivity index is 2.68. The Morgan fingerprint density at radius 2 is 2.12 bits per heavy atom. The van der Waals surface area contributed by atoms with E-state index < -0.39 is 29.6 Å². The Labute approximate surface area is 99.9 Å². The summed E-state index contributed by atoms with van der Waals surface area (Å²) >= 11 is 0. The molecule has 0 aromatic carbocycles. The molecule has 2 atom stereocenters. The van der Waals surface area contributed by atoms with Crippen molar-refractivity contribution in [2.45, 2.75) is 51.6 Å². The number of hydrogen-bond acceptors (Lipinski definition) is 4. The van der Waals surface area contributed by atoms with E-state index >= 15 is 0 Å². The van der Waals surface area contributed by atoms with Crippen molar-refractivity contribution >= 4 is 12.1 Å². The quantitative estimate of drug-likeness (QED) is 0.663. The maximum absolute atomic E-state index is 13.5. The van der Waals surface area contributed by atoms with Crippen molar-refractivity contribution in [2.75, 3.05) is 7.05 Å². The molecule has 1 amide bonds. The van der Waals surface area contributed by atoms with E-state index in [0.717, 1.165) is 11.8 Å². The molecule has 1 rings (SSSR count). The molecule has 1 aliphatic heterocycles. The van der Waals surface area contributed by atoms with Crippen LogP contribution < -0.4 is 0 Å². The summed E-state index contributed by atoms with van der Waals surface area (Å²) in [6.45, 7) is 6.30. The highest BCUT2D eigenvalue weighted by atomic mass is 19.2. The number of rotatable bonds is 1. The Kier molecular flexibility index (Phi) is 3.36. The normalized spacial score (nSPS) is 28.8. The van der Waals surface area contributed by atoms with E-state index in [0.29, 0.717) is 0 Å². The Morgan fingerprint density at radius 3 is 2.47 bits per heavy atom. The van der Waals surface area contributed by atoms with Gasteiger partial charge in [0.15, 0.2) is 0 Å². The van der Waals surface area contributed by atoms with Crippen LogP contribution in [0.15, 0.2) is 0 Å². The highest BCUT2D eigenvalue weighted by Crippen LogP contribution is 2.30. The maximum atomic E-state index is 13.5. The molecule has 1 unspecified atom stereocenters. The predicted octanol–water partition coefficient (Wildman–Crippen LogP) is 1.85. The van der Waals surface area contributed by atoms with Crippen molar-refractivity contribution in [2.24, 2.45) is 0 Å². The average molecular weight is 247 g/mol. The summed E-state index contributed by atoms with van der Waals surface area (Å²) in [6.07, 6.45) is -0.848. The van der Waals surface area contributed by atoms with Crippen molar-refractivity contribution in [1.29, 1.82) is 0 Å². The molecule has 0 aromatic heterocycles. The van der Waals surface area contributed by atoms with E-state index in [2.05, 4.69) is 4.74 Å². The summed E-state index contributed by atoms with van der Waals surface area (Å²) in [5.41, 5.74) is -0.660. The van der Waals surface area contributed by atoms with Crippen molar-refractivity contribution in [3.8, 4) is 0 Å². The summed E-state index contributed by atoms with van der Waals surface area (Å²) in [7, 11) is 1.39. The van der Waals surface area contributed by atoms with E-state index in [1.165, 1.54) is 7.05 Å². The molecule has 0 aromatic rings. The minimum Gasteiger partial charge on any atom is -0.444 e. The third-order valence-corrected chi connectivity index (χ3v) is 2.29. The first-order chi connectivity index (χ1) is 7.52. The molecule has 1 heterocycles. The number of cyclic esters (lactones) is 1. The zero-order valence-corrected chi connectivity index (χ0v) is 10.7. The van der Waals surface area contributed by atoms with E-state index in [-0.39, 0.29) is 6.42 Å². The summed E-state index contributed by atoms with van der Waals surface area (Å²) in [5, 5.41) is 0. The van der Waals surface area contributed by atoms with Crippen LogP contribution >= 0.6 is 0 Å². The average Bonchev–Trinajstić information content (AvgIpc) is 2.35. The zero-order chi connectivity index (χ0) is 13.4. The number of hydrogen-bond donors (Lipinski definition) is 0. The number of carbonyl (C=O) groups is 2. The number of esters is 1. The molecule has 0 radical (unpaired) electrons. The fourth-order valence-electron chi connectivity index (χ4n) is 1.50. The molecule has 0 N–H and O–H groups in total. The van der Waals surface area contributed by atoms with E-state index in [1.54, 1.807) is 20.8 Å². The second-order valence-corrected chi connectivity index (χ2v) is 5.33. The lowest BCUT2D eigenvalue weighted by molar-refractivity contribution is -0.162. The van der Waals surface area contributed by atoms with Crippen molar-refractivity contribution in [3.05, 3.63) is 0 Å². The van der Waals surface area contributed by atoms with Gasteiger partial charge < -0.3 is 9.47 Å². The third-order valence-electron chi connectivity index (χ3n) is 2.29. The van der Waals surface area contributed by atoms with E-state index in [4.69, 9.17) is 4.74 Å². The number of likely N-dealkylation sites (N-methyl/N-ethyl adjacent to an activating group) is 1. The zero-order valence-electron chi connectivity index (χ0n) is 10.7. The van der Waals surface area contributed by atoms with E-state index in [9.17, 15) is 14.0 Å². The highest BCUT2D eigenvalue weighted by molar-refractivity contribution is 5.83. The van der Waals surface area contributed by atoms with Gasteiger partial charge in [0, 0.05) is 20.4 Å². The standard InChI is InChI=1S/C11H18FNO4/c1-10(2,3)17-9(15)13(5)7-6-11(4,12)16-8(7)14/h7H,6H2,1-5H3/t7-,11?/m0/s1. The van der Waals surface area contributed by atoms with Crippen LogP contribution in [0.5, 0.6) is 0 Å². The number of carbonyl (C=O) groups excluding carboxylic acids is 2. The fourth-order valence-corrected chi connectivity index (χ4v) is 1.50. The van der Waals surface area contributed by atoms with Gasteiger partial charge in [-0.2, -0.15) is 4.39 Å². The van der Waals surface area contributed by atoms with Crippen LogP contribution in [0.3, 0.4) is 0 Å². The second kappa shape index (κ2) is 4.16. The molecular formula is C11H18FNO4. The van der Waals surface area contributed by atoms with E-state index in [1.807, 2.05) is 0 Å². The molecule has 1 fully saturated rings. The van der Waals surface area contributed by atoms with Gasteiger partial charge in [-0.1, -0.05) is 0 Å². The first kappa shape index (κ1) is 13.7. The number of ether oxygens (including phenoxy) is 2. The summed E-state index contributed by atoms with van der Waals surface area (Å²) in [4.78, 5) is 24.1. The number of nitrogens with zero attached hydrogens (tertiary/aromatic N) is 1. The number of halogens is 1. The molecule has 1 saturated heterocycles. The van der Waals surface area contributed by atoms with Crippen LogP contribution in [-0.4, -0.2) is 41.5 Å². The van der Waals surface area contributed by atoms with Crippen molar-refractivity contribution in [3.63, 3.8) is 0 Å². The Bertz CT molecular complexity index is 335. The van der Waals surface area contributed by atoms with Gasteiger partial charge in [-0.15, -0.1) is 0 Å². The molecule has 0 saturated carbocycles. The third kappa shape index (κ3) is 3.57. The van der Waals surface area contributed by atoms with Gasteiger partial charge in [0.1, 0.15) is 11.6 Å². The van der Waals surface area contributed by atoms with Gasteiger partial charge in [-0.3, -0.25) is 4.90 Å². The lowest BCUT2D eigenvalue weighted by Crippen LogP contribution is -2.43. The number of alkyl halides is 1. The summed E-state index contributed by atoms with van der Waals surface area (Å²) in [6, 6.07) is -0.931. The van der Waals surface area contributed by atoms with Crippen molar-refractivity contribution in [1.82, 2.24) is 4.90 Å². The monoisotopic (exact) mass is 247 g/mol. The lowest BCUT2D eigenvalue weighted by Gasteiger charge is -2.26. The van der Waals surface area contributed by atoms with Gasteiger partial charge in [0.25, 0.3) is 5.85 Å². The van der Waals surface area contributed by atoms with Crippen LogP contribution in [0.4, 0.5) is 9.18 Å². The molecule has 17 heavy (non-hydrogen) atoms. The first-order valence-electron chi connectivity index (χ1n) is 5.39. The van der Waals surface area contributed by atoms with Crippen molar-refractivity contribution < 1.29 is 23.5 Å². The van der Waals surface area contributed by atoms with Gasteiger partial charge in [-0.25, -0.2) is 9.59 Å². The summed E-state index contributed by atoms with van der Waals surface area (Å²) < 4.78 is 23.0. The molecule has 1 aliphatic rings. The molecule has 6 heteroatoms. The predicted molar refractivity (Wildman–Crippen MR) is 58.0 cm³/mol. The van der Waals surface area contributed by atoms with Gasteiger partial charge >= 0.3 is 12.1 Å². The lowest BCUT2D eigenvalue weighted by atomic mass is 10.1. The molecule has 0 bridgehead atoms. The number of amides is 1. The Morgan fingerprint density at radius 1 is 1.59 bits per heavy atom. The summed E-state index contributed by atoms with van der Waals surface area (Å²) in [5.74, 6) is -2.76. The molecular weight excluding hydrogens is 229 g/mol. The van der Waals surface area contributed by atoms with Crippen LogP contribution in [0, 0.1) is 0 Å². The minimum absolute atomic E-state index is 0.179. The first-order valence-corrected chi connectivity index (χ1v) is 5.39. The second-order valence-electron chi connectivity index (χ2n) is 5.33. The molecule has 0 aliphatic carbocycles. The highest BCUT2D eigenvalue weighted by Gasteiger charge is 2.47. The minimum atomic E-state index is -2.02. The van der Waals surface area contributed by atoms with Crippen LogP contribution in [0.2, 0.25) is 0 Å². The van der Waals surface area contributed by atoms with Gasteiger partial charge in [0.05, 0.1) is 0 Å². The SMILES string of the molecule is CN(C(=O)OC(C)(C)C)[C@H]1CC(C)(F)OC1=O. The molecule has 98 valence electrons. The van der Waals surface area contributed by atoms with Crippen LogP contribution in [0.1, 0.15) is 34.1 Å². The molecule has 0 spiro atoms. The van der Waals surface area contributed by atoms with Gasteiger partial charge in [-0.05, 0) is 20.8 Å². The topological polar surface area (TPSA) is 55.8 Å². The molecule has 5 nitrogen and oxygen atoms in total. The smallest absolute Gasteiger partial charge is 0.410 e. The fraction of sp³-hybridized carbons (Fsp3) is 0.818. The largest absolute Gasteiger partial charge is 0.444 e. The van der Waals surface area contributed by atoms with Crippen LogP contribution in [0.25, 0.3) is 0 Å².